The Kier molecular flexibility index (Phi) is 7.40. The topological polar surface area (TPSA) is 65.4 Å². The van der Waals surface area contributed by atoms with Gasteiger partial charge in [-0.3, -0.25) is 9.36 Å². The van der Waals surface area contributed by atoms with E-state index < -0.39 is 0 Å². The van der Waals surface area contributed by atoms with Gasteiger partial charge < -0.3 is 14.8 Å². The fourth-order valence-electron chi connectivity index (χ4n) is 3.28. The molecule has 6 nitrogen and oxygen atoms in total. The first-order valence-corrected chi connectivity index (χ1v) is 11.6. The molecule has 0 saturated carbocycles. The van der Waals surface area contributed by atoms with Crippen molar-refractivity contribution in [1.29, 1.82) is 0 Å². The molecule has 0 fully saturated rings. The summed E-state index contributed by atoms with van der Waals surface area (Å²) in [5.41, 5.74) is 2.82. The minimum atomic E-state index is -0.334. The third-order valence-electron chi connectivity index (χ3n) is 4.90. The molecule has 0 aliphatic heterocycles. The van der Waals surface area contributed by atoms with Crippen LogP contribution in [0, 0.1) is 5.82 Å². The van der Waals surface area contributed by atoms with Crippen molar-refractivity contribution in [2.24, 2.45) is 0 Å². The minimum Gasteiger partial charge on any atom is -0.493 e. The van der Waals surface area contributed by atoms with Crippen molar-refractivity contribution in [3.05, 3.63) is 83.8 Å². The van der Waals surface area contributed by atoms with Gasteiger partial charge in [-0.25, -0.2) is 9.37 Å². The number of imidazole rings is 1. The van der Waals surface area contributed by atoms with Gasteiger partial charge in [-0.1, -0.05) is 29.4 Å². The van der Waals surface area contributed by atoms with Gasteiger partial charge in [0.2, 0.25) is 5.91 Å². The molecule has 0 bridgehead atoms. The number of hydrogen-bond donors (Lipinski definition) is 1. The number of rotatable bonds is 8. The summed E-state index contributed by atoms with van der Waals surface area (Å²) in [5, 5.41) is 3.94. The van der Waals surface area contributed by atoms with Crippen LogP contribution >= 0.6 is 23.4 Å². The lowest BCUT2D eigenvalue weighted by Gasteiger charge is -2.08. The van der Waals surface area contributed by atoms with Gasteiger partial charge in [0, 0.05) is 28.2 Å². The summed E-state index contributed by atoms with van der Waals surface area (Å²) < 4.78 is 26.0. The van der Waals surface area contributed by atoms with Crippen molar-refractivity contribution in [1.82, 2.24) is 9.55 Å². The number of carbonyl (C=O) groups is 1. The highest BCUT2D eigenvalue weighted by Crippen LogP contribution is 2.34. The number of ether oxygens (including phenoxy) is 2. The molecular weight excluding hydrogens is 477 g/mol. The van der Waals surface area contributed by atoms with Gasteiger partial charge in [-0.2, -0.15) is 0 Å². The van der Waals surface area contributed by atoms with E-state index in [1.54, 1.807) is 56.7 Å². The van der Waals surface area contributed by atoms with Crippen molar-refractivity contribution in [2.75, 3.05) is 25.3 Å². The van der Waals surface area contributed by atoms with Crippen LogP contribution in [0.3, 0.4) is 0 Å². The average molecular weight is 498 g/mol. The maximum Gasteiger partial charge on any atom is 0.234 e. The zero-order valence-corrected chi connectivity index (χ0v) is 20.0. The van der Waals surface area contributed by atoms with Gasteiger partial charge in [0.15, 0.2) is 16.7 Å². The first-order chi connectivity index (χ1) is 16.5. The second kappa shape index (κ2) is 10.6. The number of nitrogens with one attached hydrogen (secondary N) is 1. The van der Waals surface area contributed by atoms with Gasteiger partial charge in [0.1, 0.15) is 5.82 Å². The molecule has 0 saturated heterocycles. The molecule has 0 atom stereocenters. The normalized spacial score (nSPS) is 10.7. The van der Waals surface area contributed by atoms with Crippen molar-refractivity contribution < 1.29 is 18.7 Å². The van der Waals surface area contributed by atoms with E-state index in [4.69, 9.17) is 26.1 Å². The maximum absolute atomic E-state index is 13.5. The number of amides is 1. The Balaban J connectivity index is 1.62. The predicted molar refractivity (Wildman–Crippen MR) is 133 cm³/mol. The Morgan fingerprint density at radius 2 is 1.82 bits per heavy atom. The van der Waals surface area contributed by atoms with Crippen LogP contribution in [0.25, 0.3) is 16.9 Å². The molecule has 0 unspecified atom stereocenters. The van der Waals surface area contributed by atoms with Crippen LogP contribution in [0.15, 0.2) is 78.1 Å². The summed E-state index contributed by atoms with van der Waals surface area (Å²) in [4.78, 5) is 17.3. The lowest BCUT2D eigenvalue weighted by atomic mass is 10.1. The Labute approximate surface area is 205 Å². The second-order valence-electron chi connectivity index (χ2n) is 7.17. The molecule has 1 aromatic heterocycles. The van der Waals surface area contributed by atoms with Gasteiger partial charge >= 0.3 is 0 Å². The van der Waals surface area contributed by atoms with Crippen molar-refractivity contribution in [3.63, 3.8) is 0 Å². The molecule has 1 heterocycles. The summed E-state index contributed by atoms with van der Waals surface area (Å²) in [6.45, 7) is 0. The van der Waals surface area contributed by atoms with Crippen molar-refractivity contribution in [3.8, 4) is 28.4 Å². The third-order valence-corrected chi connectivity index (χ3v) is 6.09. The van der Waals surface area contributed by atoms with Crippen LogP contribution < -0.4 is 14.8 Å². The van der Waals surface area contributed by atoms with Gasteiger partial charge in [0.05, 0.1) is 25.7 Å². The smallest absolute Gasteiger partial charge is 0.234 e. The van der Waals surface area contributed by atoms with E-state index >= 15 is 0 Å². The number of benzene rings is 3. The highest BCUT2D eigenvalue weighted by Gasteiger charge is 2.16. The molecule has 34 heavy (non-hydrogen) atoms. The average Bonchev–Trinajstić information content (AvgIpc) is 3.27. The van der Waals surface area contributed by atoms with Crippen LogP contribution in [-0.4, -0.2) is 35.4 Å². The lowest BCUT2D eigenvalue weighted by Crippen LogP contribution is -2.14. The number of anilines is 1. The van der Waals surface area contributed by atoms with E-state index in [1.165, 1.54) is 23.9 Å². The summed E-state index contributed by atoms with van der Waals surface area (Å²) in [6, 6.07) is 18.5. The van der Waals surface area contributed by atoms with E-state index in [9.17, 15) is 9.18 Å². The Morgan fingerprint density at radius 3 is 2.53 bits per heavy atom. The van der Waals surface area contributed by atoms with Gasteiger partial charge in [0.25, 0.3) is 0 Å². The molecule has 9 heteroatoms. The molecule has 4 rings (SSSR count). The first-order valence-electron chi connectivity index (χ1n) is 10.2. The van der Waals surface area contributed by atoms with Crippen LogP contribution in [0.2, 0.25) is 5.02 Å². The van der Waals surface area contributed by atoms with E-state index in [2.05, 4.69) is 5.32 Å². The zero-order chi connectivity index (χ0) is 24.1. The van der Waals surface area contributed by atoms with Crippen LogP contribution in [0.1, 0.15) is 0 Å². The van der Waals surface area contributed by atoms with Crippen LogP contribution in [-0.2, 0) is 4.79 Å². The molecule has 3 aromatic carbocycles. The maximum atomic E-state index is 13.5. The Hall–Kier alpha value is -3.49. The molecule has 0 aliphatic carbocycles. The van der Waals surface area contributed by atoms with Crippen molar-refractivity contribution >= 4 is 35.0 Å². The monoisotopic (exact) mass is 497 g/mol. The Bertz CT molecular complexity index is 1310. The SMILES string of the molecule is COc1ccc(-c2cn(-c3ccc(F)cc3)c(SCC(=O)Nc3cccc(Cl)c3)n2)cc1OC. The molecule has 0 spiro atoms. The van der Waals surface area contributed by atoms with E-state index in [1.807, 2.05) is 22.9 Å². The highest BCUT2D eigenvalue weighted by atomic mass is 35.5. The number of methoxy groups -OCH3 is 2. The summed E-state index contributed by atoms with van der Waals surface area (Å²) in [5.74, 6) is 0.770. The van der Waals surface area contributed by atoms with Crippen LogP contribution in [0.4, 0.5) is 10.1 Å². The first kappa shape index (κ1) is 23.7. The summed E-state index contributed by atoms with van der Waals surface area (Å²) in [7, 11) is 3.14. The summed E-state index contributed by atoms with van der Waals surface area (Å²) >= 11 is 7.26. The fourth-order valence-corrected chi connectivity index (χ4v) is 4.26. The third kappa shape index (κ3) is 5.52. The van der Waals surface area contributed by atoms with E-state index in [-0.39, 0.29) is 17.5 Å². The molecule has 174 valence electrons. The standard InChI is InChI=1S/C25H21ClFN3O3S/c1-32-22-11-6-16(12-23(22)33-2)21-14-30(20-9-7-18(27)8-10-20)25(29-21)34-15-24(31)28-19-5-3-4-17(26)13-19/h3-14H,15H2,1-2H3,(H,28,31). The summed E-state index contributed by atoms with van der Waals surface area (Å²) in [6.07, 6.45) is 1.84. The fraction of sp³-hybridized carbons (Fsp3) is 0.120. The van der Waals surface area contributed by atoms with E-state index in [0.29, 0.717) is 33.1 Å². The van der Waals surface area contributed by atoms with Crippen molar-refractivity contribution in [2.45, 2.75) is 5.16 Å². The molecule has 1 amide bonds. The number of thioether (sulfide) groups is 1. The van der Waals surface area contributed by atoms with E-state index in [0.717, 1.165) is 11.3 Å². The second-order valence-corrected chi connectivity index (χ2v) is 8.55. The molecular formula is C25H21ClFN3O3S. The quantitative estimate of drug-likeness (QED) is 0.299. The molecule has 0 radical (unpaired) electrons. The lowest BCUT2D eigenvalue weighted by molar-refractivity contribution is -0.113. The number of halogens is 2. The minimum absolute atomic E-state index is 0.121. The molecule has 1 N–H and O–H groups in total. The Morgan fingerprint density at radius 1 is 1.06 bits per heavy atom. The number of nitrogens with zero attached hydrogens (tertiary/aromatic N) is 2. The largest absolute Gasteiger partial charge is 0.493 e. The van der Waals surface area contributed by atoms with Crippen LogP contribution in [0.5, 0.6) is 11.5 Å². The highest BCUT2D eigenvalue weighted by molar-refractivity contribution is 7.99. The number of aromatic nitrogens is 2. The van der Waals surface area contributed by atoms with Gasteiger partial charge in [-0.05, 0) is 60.7 Å². The zero-order valence-electron chi connectivity index (χ0n) is 18.4. The molecule has 0 aliphatic rings. The molecule has 4 aromatic rings. The van der Waals surface area contributed by atoms with Gasteiger partial charge in [-0.15, -0.1) is 0 Å². The predicted octanol–water partition coefficient (Wildman–Crippen LogP) is 6.08. The number of hydrogen-bond acceptors (Lipinski definition) is 5. The number of carbonyl (C=O) groups excluding carboxylic acids is 1.